The Hall–Kier alpha value is -2.72. The number of hydrogen-bond donors (Lipinski definition) is 1. The zero-order valence-corrected chi connectivity index (χ0v) is 16.6. The van der Waals surface area contributed by atoms with Gasteiger partial charge in [-0.05, 0) is 42.7 Å². The van der Waals surface area contributed by atoms with Crippen LogP contribution in [0.25, 0.3) is 16.5 Å². The average molecular weight is 395 g/mol. The second-order valence-corrected chi connectivity index (χ2v) is 7.34. The number of fused-ring (bicyclic) bond motifs is 1. The maximum atomic E-state index is 12.7. The lowest BCUT2D eigenvalue weighted by Gasteiger charge is -2.26. The summed E-state index contributed by atoms with van der Waals surface area (Å²) in [6.07, 6.45) is 5.43. The molecular formula is C23H23ClN2O2. The van der Waals surface area contributed by atoms with E-state index in [0.717, 1.165) is 40.2 Å². The van der Waals surface area contributed by atoms with Gasteiger partial charge in [-0.3, -0.25) is 4.79 Å². The normalized spacial score (nSPS) is 14.2. The standard InChI is InChI=1S/C23H23ClN2O2/c1-2-28-18-8-6-16(7-9-18)14-22(27)26-12-10-17(11-13-26)20-15-25-23-19(20)4-3-5-21(23)24/h3-10,15,25H,2,11-14H2,1H3. The molecule has 2 heterocycles. The van der Waals surface area contributed by atoms with Crippen LogP contribution in [0, 0.1) is 0 Å². The third-order valence-electron chi connectivity index (χ3n) is 5.16. The van der Waals surface area contributed by atoms with E-state index >= 15 is 0 Å². The number of aromatic amines is 1. The van der Waals surface area contributed by atoms with Crippen LogP contribution in [0.2, 0.25) is 5.02 Å². The van der Waals surface area contributed by atoms with E-state index in [9.17, 15) is 4.79 Å². The van der Waals surface area contributed by atoms with Crippen molar-refractivity contribution in [2.45, 2.75) is 19.8 Å². The van der Waals surface area contributed by atoms with Crippen molar-refractivity contribution in [3.05, 3.63) is 70.9 Å². The topological polar surface area (TPSA) is 45.3 Å². The first-order chi connectivity index (χ1) is 13.7. The van der Waals surface area contributed by atoms with Gasteiger partial charge in [0.2, 0.25) is 5.91 Å². The van der Waals surface area contributed by atoms with E-state index in [1.807, 2.05) is 54.4 Å². The lowest BCUT2D eigenvalue weighted by Crippen LogP contribution is -2.35. The Morgan fingerprint density at radius 1 is 1.21 bits per heavy atom. The van der Waals surface area contributed by atoms with Gasteiger partial charge in [0.05, 0.1) is 23.6 Å². The molecule has 0 atom stereocenters. The first kappa shape index (κ1) is 18.6. The minimum absolute atomic E-state index is 0.154. The van der Waals surface area contributed by atoms with Crippen LogP contribution in [0.5, 0.6) is 5.75 Å². The fourth-order valence-corrected chi connectivity index (χ4v) is 3.91. The molecule has 4 rings (SSSR count). The van der Waals surface area contributed by atoms with E-state index in [4.69, 9.17) is 16.3 Å². The van der Waals surface area contributed by atoms with Gasteiger partial charge in [0.25, 0.3) is 0 Å². The van der Waals surface area contributed by atoms with Crippen LogP contribution < -0.4 is 4.74 Å². The summed E-state index contributed by atoms with van der Waals surface area (Å²) in [7, 11) is 0. The Kier molecular flexibility index (Phi) is 5.40. The molecule has 0 fully saturated rings. The largest absolute Gasteiger partial charge is 0.494 e. The monoisotopic (exact) mass is 394 g/mol. The second kappa shape index (κ2) is 8.11. The molecule has 1 amide bonds. The van der Waals surface area contributed by atoms with Crippen LogP contribution in [0.3, 0.4) is 0 Å². The van der Waals surface area contributed by atoms with E-state index < -0.39 is 0 Å². The van der Waals surface area contributed by atoms with Gasteiger partial charge >= 0.3 is 0 Å². The van der Waals surface area contributed by atoms with Crippen LogP contribution in [-0.4, -0.2) is 35.5 Å². The molecule has 1 aliphatic rings. The number of aromatic nitrogens is 1. The molecule has 1 N–H and O–H groups in total. The van der Waals surface area contributed by atoms with Gasteiger partial charge < -0.3 is 14.6 Å². The van der Waals surface area contributed by atoms with Crippen molar-refractivity contribution in [3.63, 3.8) is 0 Å². The van der Waals surface area contributed by atoms with Crippen molar-refractivity contribution in [1.82, 2.24) is 9.88 Å². The highest BCUT2D eigenvalue weighted by Gasteiger charge is 2.20. The molecule has 1 aliphatic heterocycles. The number of carbonyl (C=O) groups excluding carboxylic acids is 1. The molecule has 5 heteroatoms. The van der Waals surface area contributed by atoms with Crippen molar-refractivity contribution in [2.75, 3.05) is 19.7 Å². The number of nitrogens with one attached hydrogen (secondary N) is 1. The van der Waals surface area contributed by atoms with Crippen molar-refractivity contribution in [3.8, 4) is 5.75 Å². The van der Waals surface area contributed by atoms with Crippen molar-refractivity contribution in [1.29, 1.82) is 0 Å². The number of amides is 1. The molecule has 2 aromatic carbocycles. The summed E-state index contributed by atoms with van der Waals surface area (Å²) in [6.45, 7) is 3.97. The number of rotatable bonds is 5. The van der Waals surface area contributed by atoms with Gasteiger partial charge in [0.1, 0.15) is 5.75 Å². The smallest absolute Gasteiger partial charge is 0.227 e. The Morgan fingerprint density at radius 2 is 2.04 bits per heavy atom. The van der Waals surface area contributed by atoms with E-state index in [1.54, 1.807) is 0 Å². The third kappa shape index (κ3) is 3.78. The number of para-hydroxylation sites is 1. The van der Waals surface area contributed by atoms with Gasteiger partial charge in [-0.15, -0.1) is 0 Å². The van der Waals surface area contributed by atoms with E-state index in [0.29, 0.717) is 19.6 Å². The van der Waals surface area contributed by atoms with Crippen LogP contribution in [0.15, 0.2) is 54.7 Å². The fourth-order valence-electron chi connectivity index (χ4n) is 3.68. The van der Waals surface area contributed by atoms with Crippen LogP contribution in [0.1, 0.15) is 24.5 Å². The number of H-pyrrole nitrogens is 1. The molecule has 0 spiro atoms. The number of hydrogen-bond acceptors (Lipinski definition) is 2. The molecule has 28 heavy (non-hydrogen) atoms. The minimum atomic E-state index is 0.154. The van der Waals surface area contributed by atoms with E-state index in [2.05, 4.69) is 17.1 Å². The highest BCUT2D eigenvalue weighted by molar-refractivity contribution is 6.35. The number of ether oxygens (including phenoxy) is 1. The lowest BCUT2D eigenvalue weighted by atomic mass is 9.98. The Labute approximate surface area is 169 Å². The van der Waals surface area contributed by atoms with E-state index in [-0.39, 0.29) is 5.91 Å². The van der Waals surface area contributed by atoms with Crippen LogP contribution in [-0.2, 0) is 11.2 Å². The summed E-state index contributed by atoms with van der Waals surface area (Å²) in [5, 5.41) is 1.86. The molecular weight excluding hydrogens is 372 g/mol. The van der Waals surface area contributed by atoms with Gasteiger partial charge in [-0.25, -0.2) is 0 Å². The molecule has 0 saturated carbocycles. The van der Waals surface area contributed by atoms with E-state index in [1.165, 1.54) is 11.1 Å². The van der Waals surface area contributed by atoms with Crippen molar-refractivity contribution in [2.24, 2.45) is 0 Å². The fraction of sp³-hybridized carbons (Fsp3) is 0.261. The Balaban J connectivity index is 1.43. The molecule has 3 aromatic rings. The van der Waals surface area contributed by atoms with Gasteiger partial charge in [0.15, 0.2) is 0 Å². The highest BCUT2D eigenvalue weighted by atomic mass is 35.5. The first-order valence-corrected chi connectivity index (χ1v) is 9.98. The summed E-state index contributed by atoms with van der Waals surface area (Å²) < 4.78 is 5.45. The number of nitrogens with zero attached hydrogens (tertiary/aromatic N) is 1. The quantitative estimate of drug-likeness (QED) is 0.656. The zero-order chi connectivity index (χ0) is 19.5. The summed E-state index contributed by atoms with van der Waals surface area (Å²) in [5.74, 6) is 0.990. The molecule has 4 nitrogen and oxygen atoms in total. The van der Waals surface area contributed by atoms with Crippen molar-refractivity contribution >= 4 is 34.0 Å². The van der Waals surface area contributed by atoms with Gasteiger partial charge in [0, 0.05) is 30.2 Å². The predicted molar refractivity (Wildman–Crippen MR) is 114 cm³/mol. The molecule has 144 valence electrons. The molecule has 0 aliphatic carbocycles. The zero-order valence-electron chi connectivity index (χ0n) is 15.9. The maximum Gasteiger partial charge on any atom is 0.227 e. The second-order valence-electron chi connectivity index (χ2n) is 6.94. The number of halogens is 1. The highest BCUT2D eigenvalue weighted by Crippen LogP contribution is 2.32. The van der Waals surface area contributed by atoms with Crippen LogP contribution >= 0.6 is 11.6 Å². The summed E-state index contributed by atoms with van der Waals surface area (Å²) in [5.41, 5.74) is 4.42. The molecule has 1 aromatic heterocycles. The van der Waals surface area contributed by atoms with Gasteiger partial charge in [-0.1, -0.05) is 41.9 Å². The molecule has 0 unspecified atom stereocenters. The number of benzene rings is 2. The minimum Gasteiger partial charge on any atom is -0.494 e. The van der Waals surface area contributed by atoms with Crippen LogP contribution in [0.4, 0.5) is 0 Å². The number of carbonyl (C=O) groups is 1. The molecule has 0 bridgehead atoms. The van der Waals surface area contributed by atoms with Crippen molar-refractivity contribution < 1.29 is 9.53 Å². The summed E-state index contributed by atoms with van der Waals surface area (Å²) in [6, 6.07) is 13.7. The lowest BCUT2D eigenvalue weighted by molar-refractivity contribution is -0.130. The predicted octanol–water partition coefficient (Wildman–Crippen LogP) is 5.08. The first-order valence-electron chi connectivity index (χ1n) is 9.60. The maximum absolute atomic E-state index is 12.7. The third-order valence-corrected chi connectivity index (χ3v) is 5.48. The Morgan fingerprint density at radius 3 is 2.75 bits per heavy atom. The SMILES string of the molecule is CCOc1ccc(CC(=O)N2CC=C(c3c[nH]c4c(Cl)cccc34)CC2)cc1. The van der Waals surface area contributed by atoms with Gasteiger partial charge in [-0.2, -0.15) is 0 Å². The summed E-state index contributed by atoms with van der Waals surface area (Å²) in [4.78, 5) is 17.9. The Bertz CT molecular complexity index is 1020. The molecule has 0 radical (unpaired) electrons. The average Bonchev–Trinajstić information content (AvgIpc) is 3.15. The molecule has 0 saturated heterocycles. The summed E-state index contributed by atoms with van der Waals surface area (Å²) >= 11 is 6.27.